The van der Waals surface area contributed by atoms with Gasteiger partial charge in [-0.25, -0.2) is 8.42 Å². The first-order valence-corrected chi connectivity index (χ1v) is 8.26. The smallest absolute Gasteiger partial charge is 0.324 e. The summed E-state index contributed by atoms with van der Waals surface area (Å²) in [5, 5.41) is 0. The molecule has 1 aromatic rings. The van der Waals surface area contributed by atoms with E-state index in [2.05, 4.69) is 9.46 Å². The van der Waals surface area contributed by atoms with Crippen molar-refractivity contribution in [3.05, 3.63) is 28.8 Å². The Morgan fingerprint density at radius 2 is 1.62 bits per heavy atom. The number of carbonyl (C=O) groups excluding carboxylic acids is 1. The molecule has 0 spiro atoms. The first kappa shape index (κ1) is 17.7. The van der Waals surface area contributed by atoms with Crippen LogP contribution in [-0.4, -0.2) is 27.5 Å². The molecule has 0 aliphatic rings. The monoisotopic (exact) mass is 313 g/mol. The quantitative estimate of drug-likeness (QED) is 0.845. The minimum Gasteiger partial charge on any atom is -0.468 e. The number of hydrogen-bond donors (Lipinski definition) is 1. The van der Waals surface area contributed by atoms with Crippen LogP contribution in [0.2, 0.25) is 0 Å². The van der Waals surface area contributed by atoms with Crippen LogP contribution in [0.1, 0.15) is 30.5 Å². The minimum atomic E-state index is -3.79. The molecule has 0 amide bonds. The number of methoxy groups -OCH3 is 1. The van der Waals surface area contributed by atoms with Gasteiger partial charge in [-0.2, -0.15) is 4.72 Å². The van der Waals surface area contributed by atoms with Gasteiger partial charge in [0, 0.05) is 0 Å². The van der Waals surface area contributed by atoms with Gasteiger partial charge < -0.3 is 4.74 Å². The molecule has 1 N–H and O–H groups in total. The van der Waals surface area contributed by atoms with Crippen molar-refractivity contribution < 1.29 is 17.9 Å². The normalized spacial score (nSPS) is 13.3. The zero-order chi connectivity index (χ0) is 16.4. The van der Waals surface area contributed by atoms with E-state index >= 15 is 0 Å². The van der Waals surface area contributed by atoms with Crippen LogP contribution in [0.15, 0.2) is 17.0 Å². The maximum Gasteiger partial charge on any atom is 0.324 e. The number of ether oxygens (including phenoxy) is 1. The predicted octanol–water partition coefficient (Wildman–Crippen LogP) is 2.09. The molecule has 0 saturated carbocycles. The zero-order valence-electron chi connectivity index (χ0n) is 13.4. The fourth-order valence-electron chi connectivity index (χ4n) is 2.40. The van der Waals surface area contributed by atoms with Crippen LogP contribution in [0.3, 0.4) is 0 Å². The number of aryl methyl sites for hydroxylation is 3. The summed E-state index contributed by atoms with van der Waals surface area (Å²) in [4.78, 5) is 12.0. The van der Waals surface area contributed by atoms with Crippen molar-refractivity contribution in [2.24, 2.45) is 5.92 Å². The van der Waals surface area contributed by atoms with Gasteiger partial charge in [-0.3, -0.25) is 4.79 Å². The summed E-state index contributed by atoms with van der Waals surface area (Å²) in [5.74, 6) is -0.797. The lowest BCUT2D eigenvalue weighted by molar-refractivity contribution is -0.143. The highest BCUT2D eigenvalue weighted by Crippen LogP contribution is 2.22. The van der Waals surface area contributed by atoms with E-state index in [-0.39, 0.29) is 10.8 Å². The van der Waals surface area contributed by atoms with E-state index < -0.39 is 22.0 Å². The molecule has 1 aromatic carbocycles. The first-order valence-electron chi connectivity index (χ1n) is 6.78. The topological polar surface area (TPSA) is 72.5 Å². The molecule has 0 aliphatic carbocycles. The van der Waals surface area contributed by atoms with Crippen LogP contribution in [-0.2, 0) is 19.6 Å². The van der Waals surface area contributed by atoms with Crippen molar-refractivity contribution in [2.45, 2.75) is 45.6 Å². The molecule has 6 heteroatoms. The summed E-state index contributed by atoms with van der Waals surface area (Å²) >= 11 is 0. The maximum atomic E-state index is 12.6. The van der Waals surface area contributed by atoms with Crippen molar-refractivity contribution in [2.75, 3.05) is 7.11 Å². The molecule has 0 heterocycles. The van der Waals surface area contributed by atoms with E-state index in [1.54, 1.807) is 27.7 Å². The third kappa shape index (κ3) is 4.04. The van der Waals surface area contributed by atoms with Crippen LogP contribution in [0.4, 0.5) is 0 Å². The highest BCUT2D eigenvalue weighted by Gasteiger charge is 2.30. The Hall–Kier alpha value is -1.40. The van der Waals surface area contributed by atoms with Crippen molar-refractivity contribution in [1.29, 1.82) is 0 Å². The van der Waals surface area contributed by atoms with E-state index in [1.807, 2.05) is 19.1 Å². The van der Waals surface area contributed by atoms with Crippen LogP contribution in [0, 0.1) is 26.7 Å². The van der Waals surface area contributed by atoms with Gasteiger partial charge in [0.05, 0.1) is 12.0 Å². The number of rotatable bonds is 5. The largest absolute Gasteiger partial charge is 0.468 e. The molecule has 1 rings (SSSR count). The molecule has 0 unspecified atom stereocenters. The van der Waals surface area contributed by atoms with Crippen LogP contribution in [0.5, 0.6) is 0 Å². The van der Waals surface area contributed by atoms with E-state index in [0.717, 1.165) is 5.56 Å². The summed E-state index contributed by atoms with van der Waals surface area (Å²) in [7, 11) is -2.54. The van der Waals surface area contributed by atoms with E-state index in [1.165, 1.54) is 7.11 Å². The summed E-state index contributed by atoms with van der Waals surface area (Å²) in [6.45, 7) is 8.93. The number of carbonyl (C=O) groups is 1. The Balaban J connectivity index is 3.26. The second-order valence-electron chi connectivity index (χ2n) is 5.59. The molecule has 0 bridgehead atoms. The molecular weight excluding hydrogens is 290 g/mol. The number of esters is 1. The first-order chi connectivity index (χ1) is 9.60. The summed E-state index contributed by atoms with van der Waals surface area (Å²) in [5.41, 5.74) is 2.32. The molecule has 0 radical (unpaired) electrons. The van der Waals surface area contributed by atoms with Crippen LogP contribution < -0.4 is 4.72 Å². The zero-order valence-corrected chi connectivity index (χ0v) is 14.2. The Morgan fingerprint density at radius 1 is 1.14 bits per heavy atom. The Morgan fingerprint density at radius 3 is 2.00 bits per heavy atom. The lowest BCUT2D eigenvalue weighted by Crippen LogP contribution is -2.45. The molecule has 1 atom stereocenters. The van der Waals surface area contributed by atoms with Crippen LogP contribution >= 0.6 is 0 Å². The lowest BCUT2D eigenvalue weighted by Gasteiger charge is -2.21. The van der Waals surface area contributed by atoms with Gasteiger partial charge in [-0.05, 0) is 37.8 Å². The SMILES string of the molecule is COC(=O)[C@H](NS(=O)(=O)c1c(C)cc(C)cc1C)C(C)C. The molecule has 0 saturated heterocycles. The number of hydrogen-bond acceptors (Lipinski definition) is 4. The predicted molar refractivity (Wildman–Crippen MR) is 81.6 cm³/mol. The van der Waals surface area contributed by atoms with Gasteiger partial charge in [0.1, 0.15) is 6.04 Å². The molecule has 21 heavy (non-hydrogen) atoms. The van der Waals surface area contributed by atoms with Gasteiger partial charge in [0.25, 0.3) is 0 Å². The van der Waals surface area contributed by atoms with E-state index in [4.69, 9.17) is 0 Å². The molecular formula is C15H23NO4S. The second-order valence-corrected chi connectivity index (χ2v) is 7.24. The highest BCUT2D eigenvalue weighted by atomic mass is 32.2. The molecule has 0 fully saturated rings. The number of nitrogens with one attached hydrogen (secondary N) is 1. The fourth-order valence-corrected chi connectivity index (χ4v) is 4.19. The lowest BCUT2D eigenvalue weighted by atomic mass is 10.1. The Labute approximate surface area is 126 Å². The van der Waals surface area contributed by atoms with Gasteiger partial charge in [0.2, 0.25) is 10.0 Å². The molecule has 5 nitrogen and oxygen atoms in total. The van der Waals surface area contributed by atoms with E-state index in [0.29, 0.717) is 11.1 Å². The van der Waals surface area contributed by atoms with Crippen molar-refractivity contribution in [3.8, 4) is 0 Å². The summed E-state index contributed by atoms with van der Waals surface area (Å²) < 4.78 is 32.3. The van der Waals surface area contributed by atoms with Crippen molar-refractivity contribution >= 4 is 16.0 Å². The second kappa shape index (κ2) is 6.58. The van der Waals surface area contributed by atoms with Crippen molar-refractivity contribution in [3.63, 3.8) is 0 Å². The van der Waals surface area contributed by atoms with Gasteiger partial charge in [-0.15, -0.1) is 0 Å². The third-order valence-corrected chi connectivity index (χ3v) is 5.02. The molecule has 0 aromatic heterocycles. The Bertz CT molecular complexity index is 612. The molecule has 0 aliphatic heterocycles. The number of benzene rings is 1. The standard InChI is InChI=1S/C15H23NO4S/c1-9(2)13(15(17)20-6)16-21(18,19)14-11(4)7-10(3)8-12(14)5/h7-9,13,16H,1-6H3/t13-/m1/s1. The van der Waals surface area contributed by atoms with Gasteiger partial charge in [0.15, 0.2) is 0 Å². The fraction of sp³-hybridized carbons (Fsp3) is 0.533. The van der Waals surface area contributed by atoms with Crippen molar-refractivity contribution in [1.82, 2.24) is 4.72 Å². The van der Waals surface area contributed by atoms with Gasteiger partial charge in [-0.1, -0.05) is 31.5 Å². The van der Waals surface area contributed by atoms with Gasteiger partial charge >= 0.3 is 5.97 Å². The van der Waals surface area contributed by atoms with Crippen LogP contribution in [0.25, 0.3) is 0 Å². The molecule has 118 valence electrons. The minimum absolute atomic E-state index is 0.210. The average Bonchev–Trinajstić information content (AvgIpc) is 2.33. The maximum absolute atomic E-state index is 12.6. The Kier molecular flexibility index (Phi) is 5.53. The number of sulfonamides is 1. The average molecular weight is 313 g/mol. The summed E-state index contributed by atoms with van der Waals surface area (Å²) in [6.07, 6.45) is 0. The highest BCUT2D eigenvalue weighted by molar-refractivity contribution is 7.89. The van der Waals surface area contributed by atoms with E-state index in [9.17, 15) is 13.2 Å². The summed E-state index contributed by atoms with van der Waals surface area (Å²) in [6, 6.07) is 2.72. The third-order valence-electron chi connectivity index (χ3n) is 3.28.